The fraction of sp³-hybridized carbons (Fsp3) is 0.227. The van der Waals surface area contributed by atoms with Gasteiger partial charge in [0, 0.05) is 35.9 Å². The zero-order valence-corrected chi connectivity index (χ0v) is 19.2. The summed E-state index contributed by atoms with van der Waals surface area (Å²) in [6.45, 7) is 1.10. The number of amides is 1. The summed E-state index contributed by atoms with van der Waals surface area (Å²) in [7, 11) is -3.47. The highest BCUT2D eigenvalue weighted by Crippen LogP contribution is 2.29. The van der Waals surface area contributed by atoms with Crippen LogP contribution in [0.4, 0.5) is 5.69 Å². The summed E-state index contributed by atoms with van der Waals surface area (Å²) in [6, 6.07) is 14.0. The summed E-state index contributed by atoms with van der Waals surface area (Å²) in [6.07, 6.45) is 3.58. The number of thioether (sulfide) groups is 1. The summed E-state index contributed by atoms with van der Waals surface area (Å²) in [4.78, 5) is 15.7. The van der Waals surface area contributed by atoms with Gasteiger partial charge >= 0.3 is 0 Å². The van der Waals surface area contributed by atoms with Crippen molar-refractivity contribution in [1.29, 1.82) is 0 Å². The van der Waals surface area contributed by atoms with Gasteiger partial charge in [-0.15, -0.1) is 10.2 Å². The van der Waals surface area contributed by atoms with Crippen LogP contribution in [0.15, 0.2) is 69.3 Å². The first-order chi connectivity index (χ1) is 16.0. The van der Waals surface area contributed by atoms with Crippen molar-refractivity contribution in [3.05, 3.63) is 54.7 Å². The second-order valence-corrected chi connectivity index (χ2v) is 10.5. The molecule has 0 aliphatic carbocycles. The van der Waals surface area contributed by atoms with Gasteiger partial charge < -0.3 is 14.7 Å². The maximum absolute atomic E-state index is 12.6. The number of nitrogens with one attached hydrogen (secondary N) is 2. The lowest BCUT2D eigenvalue weighted by atomic mass is 10.2. The predicted molar refractivity (Wildman–Crippen MR) is 125 cm³/mol. The molecule has 170 valence electrons. The van der Waals surface area contributed by atoms with Crippen LogP contribution in [0.5, 0.6) is 0 Å². The Balaban J connectivity index is 1.18. The number of aromatic amines is 1. The van der Waals surface area contributed by atoms with Crippen molar-refractivity contribution >= 4 is 44.3 Å². The first-order valence-corrected chi connectivity index (χ1v) is 12.9. The van der Waals surface area contributed by atoms with E-state index in [1.54, 1.807) is 12.1 Å². The van der Waals surface area contributed by atoms with Crippen molar-refractivity contribution in [1.82, 2.24) is 19.5 Å². The molecule has 2 N–H and O–H groups in total. The number of anilines is 1. The lowest BCUT2D eigenvalue weighted by molar-refractivity contribution is -0.113. The van der Waals surface area contributed by atoms with Gasteiger partial charge in [-0.1, -0.05) is 30.0 Å². The van der Waals surface area contributed by atoms with E-state index >= 15 is 0 Å². The Kier molecular flexibility index (Phi) is 5.92. The van der Waals surface area contributed by atoms with Gasteiger partial charge in [-0.25, -0.2) is 8.42 Å². The highest BCUT2D eigenvalue weighted by atomic mass is 32.2. The second kappa shape index (κ2) is 9.00. The monoisotopic (exact) mass is 483 g/mol. The Labute approximate surface area is 194 Å². The molecule has 0 bridgehead atoms. The zero-order chi connectivity index (χ0) is 22.8. The van der Waals surface area contributed by atoms with Crippen molar-refractivity contribution in [3.63, 3.8) is 0 Å². The van der Waals surface area contributed by atoms with Gasteiger partial charge in [-0.05, 0) is 43.2 Å². The number of H-pyrrole nitrogens is 1. The number of sulfonamides is 1. The molecule has 0 spiro atoms. The quantitative estimate of drug-likeness (QED) is 0.384. The average molecular weight is 484 g/mol. The van der Waals surface area contributed by atoms with E-state index in [0.717, 1.165) is 41.1 Å². The number of carbonyl (C=O) groups excluding carboxylic acids is 1. The van der Waals surface area contributed by atoms with Crippen LogP contribution in [-0.2, 0) is 14.8 Å². The molecule has 0 radical (unpaired) electrons. The maximum atomic E-state index is 12.6. The number of nitrogens with zero attached hydrogens (tertiary/aromatic N) is 3. The first kappa shape index (κ1) is 21.7. The highest BCUT2D eigenvalue weighted by Gasteiger charge is 2.27. The molecule has 1 aliphatic rings. The molecule has 5 rings (SSSR count). The predicted octanol–water partition coefficient (Wildman–Crippen LogP) is 3.73. The van der Waals surface area contributed by atoms with E-state index in [1.165, 1.54) is 16.4 Å². The van der Waals surface area contributed by atoms with Gasteiger partial charge in [-0.2, -0.15) is 4.31 Å². The van der Waals surface area contributed by atoms with Crippen molar-refractivity contribution in [3.8, 4) is 11.5 Å². The molecule has 0 saturated carbocycles. The topological polar surface area (TPSA) is 121 Å². The third-order valence-corrected chi connectivity index (χ3v) is 8.13. The van der Waals surface area contributed by atoms with E-state index in [9.17, 15) is 13.2 Å². The zero-order valence-electron chi connectivity index (χ0n) is 17.5. The molecule has 0 unspecified atom stereocenters. The molecule has 9 nitrogen and oxygen atoms in total. The number of para-hydroxylation sites is 1. The van der Waals surface area contributed by atoms with Gasteiger partial charge in [0.1, 0.15) is 0 Å². The van der Waals surface area contributed by atoms with Crippen LogP contribution in [0.25, 0.3) is 22.4 Å². The van der Waals surface area contributed by atoms with Crippen LogP contribution in [0, 0.1) is 0 Å². The Morgan fingerprint density at radius 1 is 1.09 bits per heavy atom. The summed E-state index contributed by atoms with van der Waals surface area (Å²) < 4.78 is 32.4. The van der Waals surface area contributed by atoms with Gasteiger partial charge in [0.15, 0.2) is 0 Å². The standard InChI is InChI=1S/C22H21N5O4S2/c28-20(24-15-7-9-16(10-8-15)33(29,30)27-11-3-4-12-27)14-32-22-26-25-21(31-22)18-13-23-19-6-2-1-5-17(18)19/h1-2,5-10,13,23H,3-4,11-12,14H2,(H,24,28). The number of fused-ring (bicyclic) bond motifs is 1. The van der Waals surface area contributed by atoms with Gasteiger partial charge in [0.25, 0.3) is 11.1 Å². The van der Waals surface area contributed by atoms with Crippen LogP contribution in [-0.4, -0.2) is 52.7 Å². The van der Waals surface area contributed by atoms with Crippen LogP contribution in [0.2, 0.25) is 0 Å². The third kappa shape index (κ3) is 4.52. The molecule has 3 heterocycles. The number of aromatic nitrogens is 3. The Hall–Kier alpha value is -3.15. The molecule has 2 aromatic heterocycles. The molecule has 1 amide bonds. The fourth-order valence-corrected chi connectivity index (χ4v) is 5.82. The van der Waals surface area contributed by atoms with Crippen molar-refractivity contribution in [2.45, 2.75) is 23.0 Å². The summed E-state index contributed by atoms with van der Waals surface area (Å²) >= 11 is 1.13. The molecular weight excluding hydrogens is 462 g/mol. The number of carbonyl (C=O) groups is 1. The fourth-order valence-electron chi connectivity index (χ4n) is 3.74. The maximum Gasteiger partial charge on any atom is 0.277 e. The minimum atomic E-state index is -3.47. The number of rotatable bonds is 7. The Morgan fingerprint density at radius 2 is 1.85 bits per heavy atom. The van der Waals surface area contributed by atoms with Crippen molar-refractivity contribution < 1.29 is 17.6 Å². The number of hydrogen-bond acceptors (Lipinski definition) is 7. The van der Waals surface area contributed by atoms with Gasteiger partial charge in [0.05, 0.1) is 16.2 Å². The molecule has 1 aliphatic heterocycles. The van der Waals surface area contributed by atoms with Crippen LogP contribution >= 0.6 is 11.8 Å². The van der Waals surface area contributed by atoms with E-state index < -0.39 is 10.0 Å². The molecule has 33 heavy (non-hydrogen) atoms. The van der Waals surface area contributed by atoms with E-state index in [1.807, 2.05) is 30.5 Å². The molecule has 1 saturated heterocycles. The number of benzene rings is 2. The van der Waals surface area contributed by atoms with E-state index in [-0.39, 0.29) is 21.8 Å². The molecular formula is C22H21N5O4S2. The largest absolute Gasteiger partial charge is 0.411 e. The smallest absolute Gasteiger partial charge is 0.277 e. The minimum absolute atomic E-state index is 0.0728. The van der Waals surface area contributed by atoms with E-state index in [2.05, 4.69) is 20.5 Å². The highest BCUT2D eigenvalue weighted by molar-refractivity contribution is 7.99. The Bertz CT molecular complexity index is 1390. The van der Waals surface area contributed by atoms with E-state index in [0.29, 0.717) is 24.7 Å². The normalized spacial score (nSPS) is 14.7. The minimum Gasteiger partial charge on any atom is -0.411 e. The first-order valence-electron chi connectivity index (χ1n) is 10.4. The molecule has 11 heteroatoms. The molecule has 2 aromatic carbocycles. The Morgan fingerprint density at radius 3 is 2.64 bits per heavy atom. The van der Waals surface area contributed by atoms with Crippen LogP contribution in [0.3, 0.4) is 0 Å². The average Bonchev–Trinajstić information content (AvgIpc) is 3.59. The van der Waals surface area contributed by atoms with Crippen LogP contribution < -0.4 is 5.32 Å². The lowest BCUT2D eigenvalue weighted by Gasteiger charge is -2.15. The third-order valence-electron chi connectivity index (χ3n) is 5.39. The molecule has 1 fully saturated rings. The van der Waals surface area contributed by atoms with Crippen molar-refractivity contribution in [2.24, 2.45) is 0 Å². The molecule has 4 aromatic rings. The van der Waals surface area contributed by atoms with Crippen molar-refractivity contribution in [2.75, 3.05) is 24.2 Å². The summed E-state index contributed by atoms with van der Waals surface area (Å²) in [5.74, 6) is 0.190. The van der Waals surface area contributed by atoms with Gasteiger partial charge in [0.2, 0.25) is 15.9 Å². The van der Waals surface area contributed by atoms with Crippen LogP contribution in [0.1, 0.15) is 12.8 Å². The van der Waals surface area contributed by atoms with Gasteiger partial charge in [-0.3, -0.25) is 4.79 Å². The summed E-state index contributed by atoms with van der Waals surface area (Å²) in [5, 5.41) is 12.1. The SMILES string of the molecule is O=C(CSc1nnc(-c2c[nH]c3ccccc23)o1)Nc1ccc(S(=O)(=O)N2CCCC2)cc1. The lowest BCUT2D eigenvalue weighted by Crippen LogP contribution is -2.27. The van der Waals surface area contributed by atoms with E-state index in [4.69, 9.17) is 4.42 Å². The second-order valence-electron chi connectivity index (χ2n) is 7.59. The summed E-state index contributed by atoms with van der Waals surface area (Å²) in [5.41, 5.74) is 2.29. The molecule has 0 atom stereocenters. The number of hydrogen-bond donors (Lipinski definition) is 2.